The van der Waals surface area contributed by atoms with Gasteiger partial charge in [0.1, 0.15) is 6.61 Å². The van der Waals surface area contributed by atoms with Crippen LogP contribution in [0.2, 0.25) is 0 Å². The van der Waals surface area contributed by atoms with Gasteiger partial charge in [-0.3, -0.25) is 0 Å². The van der Waals surface area contributed by atoms with Gasteiger partial charge in [0.25, 0.3) is 0 Å². The third-order valence-electron chi connectivity index (χ3n) is 2.82. The average Bonchev–Trinajstić information content (AvgIpc) is 2.59. The summed E-state index contributed by atoms with van der Waals surface area (Å²) in [6.45, 7) is 6.15. The van der Waals surface area contributed by atoms with Gasteiger partial charge in [-0.2, -0.15) is 0 Å². The summed E-state index contributed by atoms with van der Waals surface area (Å²) in [6, 6.07) is 9.54. The predicted molar refractivity (Wildman–Crippen MR) is 87.4 cm³/mol. The van der Waals surface area contributed by atoms with Crippen molar-refractivity contribution >= 4 is 6.09 Å². The van der Waals surface area contributed by atoms with Crippen molar-refractivity contribution in [3.05, 3.63) is 35.9 Å². The molecule has 0 unspecified atom stereocenters. The SMILES string of the molecule is CCCOCCOCCOCCNC(=O)OCc1ccccc1. The molecule has 0 radical (unpaired) electrons. The van der Waals surface area contributed by atoms with Crippen LogP contribution in [0, 0.1) is 0 Å². The highest BCUT2D eigenvalue weighted by Crippen LogP contribution is 2.00. The van der Waals surface area contributed by atoms with Crippen LogP contribution in [0.1, 0.15) is 18.9 Å². The van der Waals surface area contributed by atoms with Crippen LogP contribution in [0.3, 0.4) is 0 Å². The molecule has 0 aliphatic rings. The molecular weight excluding hydrogens is 298 g/mol. The Morgan fingerprint density at radius 2 is 1.52 bits per heavy atom. The molecule has 6 nitrogen and oxygen atoms in total. The smallest absolute Gasteiger partial charge is 0.407 e. The van der Waals surface area contributed by atoms with Gasteiger partial charge >= 0.3 is 6.09 Å². The molecule has 0 aliphatic carbocycles. The molecule has 0 heterocycles. The van der Waals surface area contributed by atoms with E-state index < -0.39 is 6.09 Å². The maximum atomic E-state index is 11.4. The van der Waals surface area contributed by atoms with E-state index in [0.717, 1.165) is 18.6 Å². The van der Waals surface area contributed by atoms with Crippen LogP contribution in [0.4, 0.5) is 4.79 Å². The molecule has 0 bridgehead atoms. The number of hydrogen-bond donors (Lipinski definition) is 1. The van der Waals surface area contributed by atoms with E-state index in [1.165, 1.54) is 0 Å². The minimum Gasteiger partial charge on any atom is -0.445 e. The van der Waals surface area contributed by atoms with Gasteiger partial charge in [-0.15, -0.1) is 0 Å². The number of amides is 1. The van der Waals surface area contributed by atoms with Gasteiger partial charge in [0, 0.05) is 13.2 Å². The van der Waals surface area contributed by atoms with Gasteiger partial charge in [0.15, 0.2) is 0 Å². The normalized spacial score (nSPS) is 10.5. The first kappa shape index (κ1) is 19.4. The number of carbonyl (C=O) groups is 1. The second-order valence-electron chi connectivity index (χ2n) is 4.83. The highest BCUT2D eigenvalue weighted by molar-refractivity contribution is 5.67. The van der Waals surface area contributed by atoms with Crippen LogP contribution >= 0.6 is 0 Å². The van der Waals surface area contributed by atoms with Crippen molar-refractivity contribution in [2.75, 3.05) is 46.2 Å². The summed E-state index contributed by atoms with van der Waals surface area (Å²) in [4.78, 5) is 11.4. The van der Waals surface area contributed by atoms with Crippen molar-refractivity contribution in [2.45, 2.75) is 20.0 Å². The van der Waals surface area contributed by atoms with Gasteiger partial charge in [-0.05, 0) is 12.0 Å². The first-order valence-electron chi connectivity index (χ1n) is 8.00. The Bertz CT molecular complexity index is 399. The lowest BCUT2D eigenvalue weighted by atomic mass is 10.2. The molecule has 0 spiro atoms. The van der Waals surface area contributed by atoms with Gasteiger partial charge in [-0.25, -0.2) is 4.79 Å². The number of rotatable bonds is 13. The number of nitrogens with one attached hydrogen (secondary N) is 1. The van der Waals surface area contributed by atoms with Gasteiger partial charge < -0.3 is 24.3 Å². The Morgan fingerprint density at radius 3 is 2.17 bits per heavy atom. The van der Waals surface area contributed by atoms with Crippen molar-refractivity contribution in [3.63, 3.8) is 0 Å². The Morgan fingerprint density at radius 1 is 0.913 bits per heavy atom. The monoisotopic (exact) mass is 325 g/mol. The maximum absolute atomic E-state index is 11.4. The van der Waals surface area contributed by atoms with Gasteiger partial charge in [-0.1, -0.05) is 37.3 Å². The third-order valence-corrected chi connectivity index (χ3v) is 2.82. The van der Waals surface area contributed by atoms with Crippen LogP contribution in [0.25, 0.3) is 0 Å². The fraction of sp³-hybridized carbons (Fsp3) is 0.588. The third kappa shape index (κ3) is 11.6. The largest absolute Gasteiger partial charge is 0.445 e. The molecule has 0 atom stereocenters. The van der Waals surface area contributed by atoms with E-state index >= 15 is 0 Å². The summed E-state index contributed by atoms with van der Waals surface area (Å²) < 4.78 is 21.0. The summed E-state index contributed by atoms with van der Waals surface area (Å²) in [6.07, 6.45) is 0.575. The molecule has 1 aromatic rings. The number of ether oxygens (including phenoxy) is 4. The highest BCUT2D eigenvalue weighted by Gasteiger charge is 2.01. The first-order chi connectivity index (χ1) is 11.3. The van der Waals surface area contributed by atoms with Crippen LogP contribution in [-0.4, -0.2) is 52.3 Å². The molecule has 1 aromatic carbocycles. The lowest BCUT2D eigenvalue weighted by Crippen LogP contribution is -2.28. The molecule has 0 aromatic heterocycles. The van der Waals surface area contributed by atoms with E-state index in [4.69, 9.17) is 18.9 Å². The van der Waals surface area contributed by atoms with Crippen molar-refractivity contribution in [1.29, 1.82) is 0 Å². The van der Waals surface area contributed by atoms with E-state index in [9.17, 15) is 4.79 Å². The van der Waals surface area contributed by atoms with Crippen molar-refractivity contribution < 1.29 is 23.7 Å². The number of benzene rings is 1. The number of hydrogen-bond acceptors (Lipinski definition) is 5. The zero-order valence-corrected chi connectivity index (χ0v) is 13.8. The van der Waals surface area contributed by atoms with Crippen LogP contribution in [0.5, 0.6) is 0 Å². The van der Waals surface area contributed by atoms with Crippen LogP contribution < -0.4 is 5.32 Å². The average molecular weight is 325 g/mol. The van der Waals surface area contributed by atoms with Crippen molar-refractivity contribution in [3.8, 4) is 0 Å². The molecule has 1 amide bonds. The summed E-state index contributed by atoms with van der Waals surface area (Å²) in [5.74, 6) is 0. The summed E-state index contributed by atoms with van der Waals surface area (Å²) >= 11 is 0. The highest BCUT2D eigenvalue weighted by atomic mass is 16.6. The Hall–Kier alpha value is -1.63. The van der Waals surface area contributed by atoms with E-state index in [0.29, 0.717) is 39.6 Å². The number of carbonyl (C=O) groups excluding carboxylic acids is 1. The molecule has 23 heavy (non-hydrogen) atoms. The fourth-order valence-corrected chi connectivity index (χ4v) is 1.69. The molecule has 0 saturated heterocycles. The molecule has 1 N–H and O–H groups in total. The van der Waals surface area contributed by atoms with Crippen LogP contribution in [0.15, 0.2) is 30.3 Å². The van der Waals surface area contributed by atoms with Crippen molar-refractivity contribution in [2.24, 2.45) is 0 Å². The second-order valence-corrected chi connectivity index (χ2v) is 4.83. The summed E-state index contributed by atoms with van der Waals surface area (Å²) in [7, 11) is 0. The lowest BCUT2D eigenvalue weighted by Gasteiger charge is -2.08. The maximum Gasteiger partial charge on any atom is 0.407 e. The van der Waals surface area contributed by atoms with Crippen LogP contribution in [-0.2, 0) is 25.6 Å². The molecule has 0 saturated carbocycles. The van der Waals surface area contributed by atoms with E-state index in [1.807, 2.05) is 30.3 Å². The van der Waals surface area contributed by atoms with Gasteiger partial charge in [0.2, 0.25) is 0 Å². The van der Waals surface area contributed by atoms with Gasteiger partial charge in [0.05, 0.1) is 33.0 Å². The van der Waals surface area contributed by atoms with Crippen molar-refractivity contribution in [1.82, 2.24) is 5.32 Å². The minimum absolute atomic E-state index is 0.265. The molecular formula is C17H27NO5. The molecule has 0 aliphatic heterocycles. The molecule has 0 fully saturated rings. The molecule has 1 rings (SSSR count). The zero-order valence-electron chi connectivity index (χ0n) is 13.8. The molecule has 6 heteroatoms. The fourth-order valence-electron chi connectivity index (χ4n) is 1.69. The predicted octanol–water partition coefficient (Wildman–Crippen LogP) is 2.37. The van der Waals surface area contributed by atoms with E-state index in [-0.39, 0.29) is 6.61 Å². The summed E-state index contributed by atoms with van der Waals surface area (Å²) in [5, 5.41) is 2.63. The summed E-state index contributed by atoms with van der Waals surface area (Å²) in [5.41, 5.74) is 0.957. The standard InChI is InChI=1S/C17H27NO5/c1-2-9-20-11-13-22-14-12-21-10-8-18-17(19)23-15-16-6-4-3-5-7-16/h3-7H,2,8-15H2,1H3,(H,18,19). The second kappa shape index (κ2) is 14.0. The Balaban J connectivity index is 1.84. The van der Waals surface area contributed by atoms with E-state index in [2.05, 4.69) is 12.2 Å². The quantitative estimate of drug-likeness (QED) is 0.564. The Kier molecular flexibility index (Phi) is 11.8. The minimum atomic E-state index is -0.443. The first-order valence-corrected chi connectivity index (χ1v) is 8.00. The lowest BCUT2D eigenvalue weighted by molar-refractivity contribution is 0.0151. The van der Waals surface area contributed by atoms with E-state index in [1.54, 1.807) is 0 Å². The Labute approximate surface area is 138 Å². The number of alkyl carbamates (subject to hydrolysis) is 1. The topological polar surface area (TPSA) is 66.0 Å². The molecule has 130 valence electrons. The zero-order chi connectivity index (χ0) is 16.6.